The highest BCUT2D eigenvalue weighted by Crippen LogP contribution is 2.31. The summed E-state index contributed by atoms with van der Waals surface area (Å²) in [5.41, 5.74) is 2.25. The minimum atomic E-state index is -0.906. The van der Waals surface area contributed by atoms with Crippen molar-refractivity contribution in [2.45, 2.75) is 26.1 Å². The molecule has 0 unspecified atom stereocenters. The second-order valence-electron chi connectivity index (χ2n) is 6.69. The molecule has 3 aromatic rings. The molecule has 144 valence electrons. The van der Waals surface area contributed by atoms with Gasteiger partial charge in [-0.3, -0.25) is 4.79 Å². The maximum atomic E-state index is 12.7. The van der Waals surface area contributed by atoms with Crippen LogP contribution in [0, 0.1) is 0 Å². The van der Waals surface area contributed by atoms with Crippen molar-refractivity contribution < 1.29 is 14.6 Å². The molecule has 0 aliphatic carbocycles. The van der Waals surface area contributed by atoms with Gasteiger partial charge in [-0.2, -0.15) is 0 Å². The summed E-state index contributed by atoms with van der Waals surface area (Å²) in [6.45, 7) is 3.89. The molecule has 0 heterocycles. The first-order valence-corrected chi connectivity index (χ1v) is 9.42. The van der Waals surface area contributed by atoms with E-state index in [2.05, 4.69) is 5.32 Å². The van der Waals surface area contributed by atoms with Gasteiger partial charge in [-0.1, -0.05) is 41.9 Å². The van der Waals surface area contributed by atoms with E-state index in [1.807, 2.05) is 44.2 Å². The van der Waals surface area contributed by atoms with Crippen LogP contribution in [0.2, 0.25) is 5.02 Å². The van der Waals surface area contributed by atoms with Gasteiger partial charge in [0.05, 0.1) is 6.10 Å². The SMILES string of the molecule is CC(C)Oc1ccc(C(=O)Nc2ccc(Cl)cc2[C@H](O)c2ccccc2)cc1. The van der Waals surface area contributed by atoms with Crippen molar-refractivity contribution in [2.75, 3.05) is 5.32 Å². The molecule has 0 spiro atoms. The molecular formula is C23H22ClNO3. The van der Waals surface area contributed by atoms with Gasteiger partial charge in [0.2, 0.25) is 0 Å². The molecule has 4 nitrogen and oxygen atoms in total. The highest BCUT2D eigenvalue weighted by molar-refractivity contribution is 6.30. The Morgan fingerprint density at radius 1 is 1.00 bits per heavy atom. The van der Waals surface area contributed by atoms with Crippen LogP contribution in [0.1, 0.15) is 41.4 Å². The predicted molar refractivity (Wildman–Crippen MR) is 112 cm³/mol. The number of aliphatic hydroxyl groups is 1. The van der Waals surface area contributed by atoms with E-state index in [1.54, 1.807) is 42.5 Å². The summed E-state index contributed by atoms with van der Waals surface area (Å²) in [5, 5.41) is 14.1. The summed E-state index contributed by atoms with van der Waals surface area (Å²) in [4.78, 5) is 12.7. The smallest absolute Gasteiger partial charge is 0.255 e. The van der Waals surface area contributed by atoms with Crippen LogP contribution in [0.25, 0.3) is 0 Å². The molecular weight excluding hydrogens is 374 g/mol. The Bertz CT molecular complexity index is 940. The molecule has 1 amide bonds. The van der Waals surface area contributed by atoms with Crippen LogP contribution in [0.15, 0.2) is 72.8 Å². The van der Waals surface area contributed by atoms with Crippen LogP contribution in [0.3, 0.4) is 0 Å². The number of anilines is 1. The van der Waals surface area contributed by atoms with Gasteiger partial charge >= 0.3 is 0 Å². The molecule has 1 atom stereocenters. The lowest BCUT2D eigenvalue weighted by Crippen LogP contribution is -2.15. The molecule has 3 rings (SSSR count). The van der Waals surface area contributed by atoms with Crippen LogP contribution < -0.4 is 10.1 Å². The van der Waals surface area contributed by atoms with Crippen LogP contribution in [0.5, 0.6) is 5.75 Å². The molecule has 2 N–H and O–H groups in total. The fraction of sp³-hybridized carbons (Fsp3) is 0.174. The summed E-state index contributed by atoms with van der Waals surface area (Å²) in [6, 6.07) is 21.2. The van der Waals surface area contributed by atoms with E-state index in [-0.39, 0.29) is 12.0 Å². The zero-order valence-corrected chi connectivity index (χ0v) is 16.5. The monoisotopic (exact) mass is 395 g/mol. The fourth-order valence-corrected chi connectivity index (χ4v) is 3.02. The molecule has 0 aromatic heterocycles. The second-order valence-corrected chi connectivity index (χ2v) is 7.13. The first-order valence-electron chi connectivity index (χ1n) is 9.04. The van der Waals surface area contributed by atoms with E-state index >= 15 is 0 Å². The number of aliphatic hydroxyl groups excluding tert-OH is 1. The number of amides is 1. The van der Waals surface area contributed by atoms with Crippen molar-refractivity contribution in [2.24, 2.45) is 0 Å². The molecule has 0 aliphatic rings. The Kier molecular flexibility index (Phi) is 6.34. The van der Waals surface area contributed by atoms with Crippen LogP contribution in [0.4, 0.5) is 5.69 Å². The highest BCUT2D eigenvalue weighted by Gasteiger charge is 2.17. The Balaban J connectivity index is 1.83. The van der Waals surface area contributed by atoms with Gasteiger partial charge in [0.25, 0.3) is 5.91 Å². The summed E-state index contributed by atoms with van der Waals surface area (Å²) in [7, 11) is 0. The average molecular weight is 396 g/mol. The van der Waals surface area contributed by atoms with Crippen LogP contribution >= 0.6 is 11.6 Å². The van der Waals surface area contributed by atoms with E-state index in [9.17, 15) is 9.90 Å². The molecule has 3 aromatic carbocycles. The van der Waals surface area contributed by atoms with Crippen molar-refractivity contribution in [3.8, 4) is 5.75 Å². The third-order valence-electron chi connectivity index (χ3n) is 4.16. The number of carbonyl (C=O) groups is 1. The molecule has 5 heteroatoms. The molecule has 0 saturated heterocycles. The maximum Gasteiger partial charge on any atom is 0.255 e. The topological polar surface area (TPSA) is 58.6 Å². The summed E-state index contributed by atoms with van der Waals surface area (Å²) >= 11 is 6.12. The lowest BCUT2D eigenvalue weighted by Gasteiger charge is -2.17. The van der Waals surface area contributed by atoms with Crippen molar-refractivity contribution in [1.82, 2.24) is 0 Å². The van der Waals surface area contributed by atoms with E-state index < -0.39 is 6.10 Å². The quantitative estimate of drug-likeness (QED) is 0.582. The van der Waals surface area contributed by atoms with Gasteiger partial charge < -0.3 is 15.2 Å². The van der Waals surface area contributed by atoms with Gasteiger partial charge in [0, 0.05) is 21.8 Å². The lowest BCUT2D eigenvalue weighted by atomic mass is 9.99. The van der Waals surface area contributed by atoms with Crippen molar-refractivity contribution in [3.63, 3.8) is 0 Å². The fourth-order valence-electron chi connectivity index (χ4n) is 2.84. The zero-order valence-electron chi connectivity index (χ0n) is 15.7. The highest BCUT2D eigenvalue weighted by atomic mass is 35.5. The van der Waals surface area contributed by atoms with Gasteiger partial charge in [-0.25, -0.2) is 0 Å². The number of carbonyl (C=O) groups excluding carboxylic acids is 1. The number of nitrogens with one attached hydrogen (secondary N) is 1. The largest absolute Gasteiger partial charge is 0.491 e. The Morgan fingerprint density at radius 2 is 1.68 bits per heavy atom. The predicted octanol–water partition coefficient (Wildman–Crippen LogP) is 5.46. The Labute approximate surface area is 169 Å². The summed E-state index contributed by atoms with van der Waals surface area (Å²) < 4.78 is 5.60. The van der Waals surface area contributed by atoms with Crippen molar-refractivity contribution in [3.05, 3.63) is 94.5 Å². The number of ether oxygens (including phenoxy) is 1. The summed E-state index contributed by atoms with van der Waals surface area (Å²) in [5.74, 6) is 0.429. The van der Waals surface area contributed by atoms with Crippen molar-refractivity contribution in [1.29, 1.82) is 0 Å². The van der Waals surface area contributed by atoms with E-state index in [0.29, 0.717) is 27.6 Å². The number of hydrogen-bond donors (Lipinski definition) is 2. The van der Waals surface area contributed by atoms with Gasteiger partial charge in [0.1, 0.15) is 11.9 Å². The minimum Gasteiger partial charge on any atom is -0.491 e. The third kappa shape index (κ3) is 4.91. The van der Waals surface area contributed by atoms with Crippen LogP contribution in [-0.2, 0) is 0 Å². The van der Waals surface area contributed by atoms with Crippen molar-refractivity contribution >= 4 is 23.2 Å². The lowest BCUT2D eigenvalue weighted by molar-refractivity contribution is 0.102. The summed E-state index contributed by atoms with van der Waals surface area (Å²) in [6.07, 6.45) is -0.840. The van der Waals surface area contributed by atoms with E-state index in [4.69, 9.17) is 16.3 Å². The number of halogens is 1. The minimum absolute atomic E-state index is 0.0655. The molecule has 0 bridgehead atoms. The van der Waals surface area contributed by atoms with Gasteiger partial charge in [-0.05, 0) is 61.9 Å². The number of hydrogen-bond acceptors (Lipinski definition) is 3. The first-order chi connectivity index (χ1) is 13.4. The first kappa shape index (κ1) is 19.9. The third-order valence-corrected chi connectivity index (χ3v) is 4.40. The molecule has 0 saturated carbocycles. The molecule has 0 aliphatic heterocycles. The van der Waals surface area contributed by atoms with E-state index in [1.165, 1.54) is 0 Å². The molecule has 28 heavy (non-hydrogen) atoms. The van der Waals surface area contributed by atoms with E-state index in [0.717, 1.165) is 5.56 Å². The van der Waals surface area contributed by atoms with Gasteiger partial charge in [-0.15, -0.1) is 0 Å². The average Bonchev–Trinajstić information content (AvgIpc) is 2.69. The zero-order chi connectivity index (χ0) is 20.1. The normalized spacial score (nSPS) is 11.9. The van der Waals surface area contributed by atoms with Gasteiger partial charge in [0.15, 0.2) is 0 Å². The Morgan fingerprint density at radius 3 is 2.32 bits per heavy atom. The maximum absolute atomic E-state index is 12.7. The van der Waals surface area contributed by atoms with Crippen LogP contribution in [-0.4, -0.2) is 17.1 Å². The Hall–Kier alpha value is -2.82. The number of benzene rings is 3. The number of rotatable bonds is 6. The second kappa shape index (κ2) is 8.91. The molecule has 0 radical (unpaired) electrons. The standard InChI is InChI=1S/C23H22ClNO3/c1-15(2)28-19-11-8-17(9-12-19)23(27)25-21-13-10-18(24)14-20(21)22(26)16-6-4-3-5-7-16/h3-15,22,26H,1-2H3,(H,25,27)/t22-/m1/s1. The molecule has 0 fully saturated rings.